The Morgan fingerprint density at radius 2 is 2.10 bits per heavy atom. The zero-order valence-corrected chi connectivity index (χ0v) is 13.3. The smallest absolute Gasteiger partial charge is 0.123 e. The predicted molar refractivity (Wildman–Crippen MR) is 85.4 cm³/mol. The maximum absolute atomic E-state index is 9.67. The summed E-state index contributed by atoms with van der Waals surface area (Å²) in [6, 6.07) is 5.84. The summed E-state index contributed by atoms with van der Waals surface area (Å²) in [5.74, 6) is 1.52. The van der Waals surface area contributed by atoms with Gasteiger partial charge >= 0.3 is 0 Å². The number of halogens is 1. The van der Waals surface area contributed by atoms with E-state index in [9.17, 15) is 5.11 Å². The second-order valence-corrected chi connectivity index (χ2v) is 6.51. The van der Waals surface area contributed by atoms with Crippen LogP contribution >= 0.6 is 11.6 Å². The van der Waals surface area contributed by atoms with Crippen LogP contribution in [0.5, 0.6) is 0 Å². The first kappa shape index (κ1) is 14.8. The second-order valence-electron chi connectivity index (χ2n) is 6.07. The second kappa shape index (κ2) is 5.95. The largest absolute Gasteiger partial charge is 0.393 e. The molecule has 0 saturated carbocycles. The van der Waals surface area contributed by atoms with Crippen molar-refractivity contribution in [2.75, 3.05) is 13.1 Å². The first-order valence-corrected chi connectivity index (χ1v) is 7.93. The zero-order chi connectivity index (χ0) is 15.0. The fraction of sp³-hybridized carbons (Fsp3) is 0.562. The lowest BCUT2D eigenvalue weighted by atomic mass is 9.92. The number of aryl methyl sites for hydroxylation is 1. The van der Waals surface area contributed by atoms with E-state index in [4.69, 9.17) is 16.6 Å². The van der Waals surface area contributed by atoms with E-state index in [-0.39, 0.29) is 6.10 Å². The van der Waals surface area contributed by atoms with Gasteiger partial charge in [0.15, 0.2) is 0 Å². The van der Waals surface area contributed by atoms with Crippen LogP contribution in [0.25, 0.3) is 11.0 Å². The Morgan fingerprint density at radius 3 is 2.76 bits per heavy atom. The summed E-state index contributed by atoms with van der Waals surface area (Å²) >= 11 is 6.03. The quantitative estimate of drug-likeness (QED) is 0.948. The highest BCUT2D eigenvalue weighted by Gasteiger charge is 2.23. The molecule has 1 fully saturated rings. The molecule has 1 aliphatic heterocycles. The molecule has 3 rings (SSSR count). The molecular weight excluding hydrogens is 286 g/mol. The monoisotopic (exact) mass is 307 g/mol. The van der Waals surface area contributed by atoms with Gasteiger partial charge in [-0.25, -0.2) is 4.98 Å². The minimum atomic E-state index is -0.190. The molecular formula is C16H22ClN3O. The molecule has 1 aliphatic rings. The number of aliphatic hydroxyl groups excluding tert-OH is 1. The number of likely N-dealkylation sites (tertiary alicyclic amines) is 1. The minimum Gasteiger partial charge on any atom is -0.393 e. The molecule has 2 heterocycles. The Balaban J connectivity index is 1.72. The minimum absolute atomic E-state index is 0.190. The summed E-state index contributed by atoms with van der Waals surface area (Å²) in [4.78, 5) is 7.13. The molecule has 1 aromatic carbocycles. The number of piperidine rings is 1. The number of fused-ring (bicyclic) bond motifs is 1. The van der Waals surface area contributed by atoms with E-state index in [0.717, 1.165) is 54.4 Å². The summed E-state index contributed by atoms with van der Waals surface area (Å²) in [7, 11) is 2.06. The van der Waals surface area contributed by atoms with Gasteiger partial charge in [0.1, 0.15) is 5.82 Å². The average molecular weight is 308 g/mol. The Morgan fingerprint density at radius 1 is 1.38 bits per heavy atom. The molecule has 1 aromatic heterocycles. The number of rotatable bonds is 3. The first-order chi connectivity index (χ1) is 10.0. The van der Waals surface area contributed by atoms with E-state index in [1.807, 2.05) is 25.1 Å². The van der Waals surface area contributed by atoms with Crippen molar-refractivity contribution < 1.29 is 5.11 Å². The van der Waals surface area contributed by atoms with Crippen molar-refractivity contribution in [3.8, 4) is 0 Å². The molecule has 0 bridgehead atoms. The van der Waals surface area contributed by atoms with E-state index < -0.39 is 0 Å². The van der Waals surface area contributed by atoms with E-state index in [0.29, 0.717) is 5.92 Å². The maximum atomic E-state index is 9.67. The number of benzene rings is 1. The molecule has 1 N–H and O–H groups in total. The summed E-state index contributed by atoms with van der Waals surface area (Å²) in [6.07, 6.45) is 1.94. The van der Waals surface area contributed by atoms with Gasteiger partial charge in [0.25, 0.3) is 0 Å². The number of hydrogen-bond acceptors (Lipinski definition) is 3. The van der Waals surface area contributed by atoms with E-state index in [2.05, 4.69) is 16.5 Å². The van der Waals surface area contributed by atoms with E-state index >= 15 is 0 Å². The topological polar surface area (TPSA) is 41.3 Å². The lowest BCUT2D eigenvalue weighted by molar-refractivity contribution is 0.0685. The Bertz CT molecular complexity index is 630. The Hall–Kier alpha value is -1.10. The summed E-state index contributed by atoms with van der Waals surface area (Å²) < 4.78 is 2.15. The summed E-state index contributed by atoms with van der Waals surface area (Å²) in [5, 5.41) is 10.4. The molecule has 5 heteroatoms. The highest BCUT2D eigenvalue weighted by Crippen LogP contribution is 2.24. The molecule has 0 spiro atoms. The van der Waals surface area contributed by atoms with Crippen molar-refractivity contribution in [2.24, 2.45) is 13.0 Å². The van der Waals surface area contributed by atoms with Crippen molar-refractivity contribution >= 4 is 22.6 Å². The highest BCUT2D eigenvalue weighted by atomic mass is 35.5. The lowest BCUT2D eigenvalue weighted by Crippen LogP contribution is -2.37. The first-order valence-electron chi connectivity index (χ1n) is 7.56. The van der Waals surface area contributed by atoms with Gasteiger partial charge in [-0.15, -0.1) is 0 Å². The van der Waals surface area contributed by atoms with Gasteiger partial charge in [-0.05, 0) is 57.0 Å². The molecule has 1 saturated heterocycles. The zero-order valence-electron chi connectivity index (χ0n) is 12.6. The van der Waals surface area contributed by atoms with Crippen LogP contribution in [0.4, 0.5) is 0 Å². The van der Waals surface area contributed by atoms with Gasteiger partial charge < -0.3 is 9.67 Å². The summed E-state index contributed by atoms with van der Waals surface area (Å²) in [6.45, 7) is 4.81. The average Bonchev–Trinajstić information content (AvgIpc) is 2.75. The third-order valence-corrected chi connectivity index (χ3v) is 4.85. The van der Waals surface area contributed by atoms with Crippen molar-refractivity contribution in [1.29, 1.82) is 0 Å². The van der Waals surface area contributed by atoms with Crippen LogP contribution in [0.2, 0.25) is 5.02 Å². The Kier molecular flexibility index (Phi) is 4.20. The van der Waals surface area contributed by atoms with Gasteiger partial charge in [-0.3, -0.25) is 4.90 Å². The van der Waals surface area contributed by atoms with Crippen LogP contribution in [0.1, 0.15) is 25.6 Å². The number of aliphatic hydroxyl groups is 1. The van der Waals surface area contributed by atoms with E-state index in [1.54, 1.807) is 0 Å². The lowest BCUT2D eigenvalue weighted by Gasteiger charge is -2.32. The van der Waals surface area contributed by atoms with E-state index in [1.165, 1.54) is 0 Å². The van der Waals surface area contributed by atoms with Gasteiger partial charge in [-0.1, -0.05) is 11.6 Å². The van der Waals surface area contributed by atoms with Crippen molar-refractivity contribution in [2.45, 2.75) is 32.4 Å². The predicted octanol–water partition coefficient (Wildman–Crippen LogP) is 2.82. The maximum Gasteiger partial charge on any atom is 0.123 e. The Labute approximate surface area is 130 Å². The SMILES string of the molecule is CC(O)C1CCN(Cc2nc3cc(Cl)ccc3n2C)CC1. The van der Waals surface area contributed by atoms with Gasteiger partial charge in [0.2, 0.25) is 0 Å². The van der Waals surface area contributed by atoms with Crippen molar-refractivity contribution in [1.82, 2.24) is 14.5 Å². The van der Waals surface area contributed by atoms with Crippen LogP contribution in [0, 0.1) is 5.92 Å². The highest BCUT2D eigenvalue weighted by molar-refractivity contribution is 6.31. The third kappa shape index (κ3) is 3.07. The molecule has 0 aliphatic carbocycles. The molecule has 1 unspecified atom stereocenters. The number of imidazole rings is 1. The molecule has 21 heavy (non-hydrogen) atoms. The van der Waals surface area contributed by atoms with Crippen LogP contribution in [0.3, 0.4) is 0 Å². The van der Waals surface area contributed by atoms with Crippen LogP contribution in [0.15, 0.2) is 18.2 Å². The molecule has 0 radical (unpaired) electrons. The number of aromatic nitrogens is 2. The van der Waals surface area contributed by atoms with Crippen molar-refractivity contribution in [3.05, 3.63) is 29.0 Å². The third-order valence-electron chi connectivity index (χ3n) is 4.61. The van der Waals surface area contributed by atoms with Crippen LogP contribution in [-0.2, 0) is 13.6 Å². The fourth-order valence-electron chi connectivity index (χ4n) is 3.16. The van der Waals surface area contributed by atoms with Gasteiger partial charge in [-0.2, -0.15) is 0 Å². The molecule has 4 nitrogen and oxygen atoms in total. The fourth-order valence-corrected chi connectivity index (χ4v) is 3.32. The number of hydrogen-bond donors (Lipinski definition) is 1. The van der Waals surface area contributed by atoms with Crippen LogP contribution < -0.4 is 0 Å². The molecule has 2 aromatic rings. The normalized spacial score (nSPS) is 19.2. The standard InChI is InChI=1S/C16H22ClN3O/c1-11(21)12-5-7-20(8-6-12)10-16-18-14-9-13(17)3-4-15(14)19(16)2/h3-4,9,11-12,21H,5-8,10H2,1-2H3. The van der Waals surface area contributed by atoms with Crippen molar-refractivity contribution in [3.63, 3.8) is 0 Å². The van der Waals surface area contributed by atoms with Gasteiger partial charge in [0, 0.05) is 12.1 Å². The van der Waals surface area contributed by atoms with Gasteiger partial charge in [0.05, 0.1) is 23.7 Å². The molecule has 0 amide bonds. The van der Waals surface area contributed by atoms with Crippen LogP contribution in [-0.4, -0.2) is 38.8 Å². The molecule has 1 atom stereocenters. The summed E-state index contributed by atoms with van der Waals surface area (Å²) in [5.41, 5.74) is 2.08. The molecule has 114 valence electrons. The number of nitrogens with zero attached hydrogens (tertiary/aromatic N) is 3.